The second kappa shape index (κ2) is 7.77. The van der Waals surface area contributed by atoms with E-state index in [1.165, 1.54) is 54.8 Å². The van der Waals surface area contributed by atoms with E-state index in [-0.39, 0.29) is 0 Å². The van der Waals surface area contributed by atoms with Crippen LogP contribution in [0.3, 0.4) is 0 Å². The van der Waals surface area contributed by atoms with Gasteiger partial charge in [0.1, 0.15) is 0 Å². The van der Waals surface area contributed by atoms with Crippen LogP contribution in [0.5, 0.6) is 0 Å². The Morgan fingerprint density at radius 3 is 3.00 bits per heavy atom. The molecule has 108 valence electrons. The number of rotatable bonds is 6. The molecule has 1 aromatic heterocycles. The maximum absolute atomic E-state index is 3.57. The minimum absolute atomic E-state index is 0.540. The van der Waals surface area contributed by atoms with E-state index in [1.54, 1.807) is 0 Å². The number of thiophene rings is 1. The smallest absolute Gasteiger partial charge is 0.0413 e. The Kier molecular flexibility index (Phi) is 6.33. The van der Waals surface area contributed by atoms with E-state index in [2.05, 4.69) is 51.4 Å². The first kappa shape index (κ1) is 15.5. The van der Waals surface area contributed by atoms with E-state index in [0.29, 0.717) is 6.04 Å². The number of halogens is 1. The van der Waals surface area contributed by atoms with Gasteiger partial charge < -0.3 is 5.32 Å². The summed E-state index contributed by atoms with van der Waals surface area (Å²) in [6.07, 6.45) is 3.95. The van der Waals surface area contributed by atoms with Gasteiger partial charge in [0.05, 0.1) is 0 Å². The van der Waals surface area contributed by atoms with Crippen molar-refractivity contribution in [3.63, 3.8) is 0 Å². The summed E-state index contributed by atoms with van der Waals surface area (Å²) >= 11 is 5.44. The number of nitrogens with one attached hydrogen (secondary N) is 1. The van der Waals surface area contributed by atoms with E-state index in [4.69, 9.17) is 0 Å². The molecule has 0 radical (unpaired) electrons. The first-order valence-electron chi connectivity index (χ1n) is 7.39. The fourth-order valence-corrected chi connectivity index (χ4v) is 4.41. The van der Waals surface area contributed by atoms with Crippen molar-refractivity contribution in [2.24, 2.45) is 5.92 Å². The molecule has 2 rings (SSSR count). The molecule has 0 bridgehead atoms. The molecule has 1 N–H and O–H groups in total. The predicted molar refractivity (Wildman–Crippen MR) is 87.9 cm³/mol. The Balaban J connectivity index is 1.97. The maximum atomic E-state index is 3.57. The molecule has 1 aliphatic heterocycles. The third kappa shape index (κ3) is 4.55. The van der Waals surface area contributed by atoms with Crippen molar-refractivity contribution in [3.05, 3.63) is 20.8 Å². The van der Waals surface area contributed by atoms with Gasteiger partial charge in [0.25, 0.3) is 0 Å². The van der Waals surface area contributed by atoms with Crippen LogP contribution in [0.4, 0.5) is 0 Å². The molecule has 0 aromatic carbocycles. The van der Waals surface area contributed by atoms with Crippen molar-refractivity contribution >= 4 is 27.3 Å². The lowest BCUT2D eigenvalue weighted by atomic mass is 9.98. The molecule has 1 saturated heterocycles. The summed E-state index contributed by atoms with van der Waals surface area (Å²) in [4.78, 5) is 4.14. The van der Waals surface area contributed by atoms with E-state index in [1.807, 2.05) is 11.3 Å². The highest BCUT2D eigenvalue weighted by molar-refractivity contribution is 9.10. The first-order chi connectivity index (χ1) is 9.20. The topological polar surface area (TPSA) is 15.3 Å². The third-order valence-electron chi connectivity index (χ3n) is 3.95. The Bertz CT molecular complexity index is 374. The van der Waals surface area contributed by atoms with Gasteiger partial charge in [-0.3, -0.25) is 4.90 Å². The highest BCUT2D eigenvalue weighted by atomic mass is 79.9. The highest BCUT2D eigenvalue weighted by Gasteiger charge is 2.21. The van der Waals surface area contributed by atoms with Gasteiger partial charge in [-0.1, -0.05) is 6.92 Å². The quantitative estimate of drug-likeness (QED) is 0.828. The standard InChI is InChI=1S/C15H25BrN2S/c1-3-7-18(10-13-5-4-6-17-9-13)12(2)15-8-14(16)11-19-15/h8,11-13,17H,3-7,9-10H2,1-2H3. The molecule has 2 atom stereocenters. The number of hydrogen-bond acceptors (Lipinski definition) is 3. The molecule has 2 unspecified atom stereocenters. The van der Waals surface area contributed by atoms with E-state index in [0.717, 1.165) is 5.92 Å². The zero-order valence-corrected chi connectivity index (χ0v) is 14.4. The highest BCUT2D eigenvalue weighted by Crippen LogP contribution is 2.30. The zero-order chi connectivity index (χ0) is 13.7. The van der Waals surface area contributed by atoms with Crippen molar-refractivity contribution in [1.29, 1.82) is 0 Å². The molecule has 4 heteroatoms. The van der Waals surface area contributed by atoms with Crippen molar-refractivity contribution in [2.45, 2.75) is 39.2 Å². The van der Waals surface area contributed by atoms with Gasteiger partial charge in [-0.2, -0.15) is 0 Å². The molecule has 19 heavy (non-hydrogen) atoms. The molecule has 2 nitrogen and oxygen atoms in total. The molecular formula is C15H25BrN2S. The second-order valence-corrected chi connectivity index (χ2v) is 7.41. The summed E-state index contributed by atoms with van der Waals surface area (Å²) in [6, 6.07) is 2.81. The Labute approximate surface area is 129 Å². The van der Waals surface area contributed by atoms with E-state index < -0.39 is 0 Å². The van der Waals surface area contributed by atoms with Gasteiger partial charge in [0, 0.05) is 27.3 Å². The van der Waals surface area contributed by atoms with Crippen molar-refractivity contribution in [1.82, 2.24) is 10.2 Å². The average Bonchev–Trinajstić information content (AvgIpc) is 2.85. The minimum Gasteiger partial charge on any atom is -0.316 e. The normalized spacial score (nSPS) is 21.8. The molecular weight excluding hydrogens is 320 g/mol. The van der Waals surface area contributed by atoms with Crippen LogP contribution in [0, 0.1) is 5.92 Å². The lowest BCUT2D eigenvalue weighted by Gasteiger charge is -2.33. The zero-order valence-electron chi connectivity index (χ0n) is 12.0. The van der Waals surface area contributed by atoms with E-state index in [9.17, 15) is 0 Å². The summed E-state index contributed by atoms with van der Waals surface area (Å²) in [5, 5.41) is 5.73. The van der Waals surface area contributed by atoms with Gasteiger partial charge in [0.2, 0.25) is 0 Å². The van der Waals surface area contributed by atoms with Crippen LogP contribution in [0.1, 0.15) is 44.0 Å². The SMILES string of the molecule is CCCN(CC1CCCNC1)C(C)c1cc(Br)cs1. The van der Waals surface area contributed by atoms with Gasteiger partial charge >= 0.3 is 0 Å². The van der Waals surface area contributed by atoms with Crippen LogP contribution in [0.15, 0.2) is 15.9 Å². The Hall–Kier alpha value is 0.1000. The summed E-state index contributed by atoms with van der Waals surface area (Å²) in [5.41, 5.74) is 0. The lowest BCUT2D eigenvalue weighted by Crippen LogP contribution is -2.39. The fraction of sp³-hybridized carbons (Fsp3) is 0.733. The van der Waals surface area contributed by atoms with Crippen LogP contribution in [0.25, 0.3) is 0 Å². The summed E-state index contributed by atoms with van der Waals surface area (Å²) < 4.78 is 1.22. The summed E-state index contributed by atoms with van der Waals surface area (Å²) in [6.45, 7) is 9.47. The van der Waals surface area contributed by atoms with Gasteiger partial charge in [-0.15, -0.1) is 11.3 Å². The van der Waals surface area contributed by atoms with Crippen molar-refractivity contribution < 1.29 is 0 Å². The summed E-state index contributed by atoms with van der Waals surface area (Å²) in [7, 11) is 0. The predicted octanol–water partition coefficient (Wildman–Crippen LogP) is 4.28. The summed E-state index contributed by atoms with van der Waals surface area (Å²) in [5.74, 6) is 0.825. The number of hydrogen-bond donors (Lipinski definition) is 1. The molecule has 1 fully saturated rings. The Morgan fingerprint density at radius 1 is 1.58 bits per heavy atom. The van der Waals surface area contributed by atoms with Crippen LogP contribution >= 0.6 is 27.3 Å². The van der Waals surface area contributed by atoms with Crippen LogP contribution in [-0.2, 0) is 0 Å². The molecule has 2 heterocycles. The Morgan fingerprint density at radius 2 is 2.42 bits per heavy atom. The van der Waals surface area contributed by atoms with Crippen molar-refractivity contribution in [2.75, 3.05) is 26.2 Å². The molecule has 0 amide bonds. The van der Waals surface area contributed by atoms with Crippen LogP contribution < -0.4 is 5.32 Å². The number of piperidine rings is 1. The maximum Gasteiger partial charge on any atom is 0.0413 e. The monoisotopic (exact) mass is 344 g/mol. The molecule has 0 saturated carbocycles. The largest absolute Gasteiger partial charge is 0.316 e. The molecule has 1 aliphatic rings. The minimum atomic E-state index is 0.540. The lowest BCUT2D eigenvalue weighted by molar-refractivity contribution is 0.165. The molecule has 0 spiro atoms. The molecule has 0 aliphatic carbocycles. The van der Waals surface area contributed by atoms with Crippen LogP contribution in [-0.4, -0.2) is 31.1 Å². The van der Waals surface area contributed by atoms with Gasteiger partial charge in [0.15, 0.2) is 0 Å². The van der Waals surface area contributed by atoms with Gasteiger partial charge in [-0.05, 0) is 73.7 Å². The molecule has 1 aromatic rings. The van der Waals surface area contributed by atoms with Crippen LogP contribution in [0.2, 0.25) is 0 Å². The second-order valence-electron chi connectivity index (χ2n) is 5.55. The van der Waals surface area contributed by atoms with Crippen molar-refractivity contribution in [3.8, 4) is 0 Å². The average molecular weight is 345 g/mol. The number of nitrogens with zero attached hydrogens (tertiary/aromatic N) is 1. The van der Waals surface area contributed by atoms with Gasteiger partial charge in [-0.25, -0.2) is 0 Å². The first-order valence-corrected chi connectivity index (χ1v) is 9.06. The van der Waals surface area contributed by atoms with E-state index >= 15 is 0 Å². The third-order valence-corrected chi connectivity index (χ3v) is 5.81. The fourth-order valence-electron chi connectivity index (χ4n) is 2.87.